The quantitative estimate of drug-likeness (QED) is 0.454. The number of aromatic nitrogens is 3. The standard InChI is InChI=1S/C20H21N3O3S/c1-4-26-19(24)14(2)27-20-22-21-18(15-10-6-5-7-11-15)23(20)16-12-8-9-13-17(16)25-3/h5-14H,4H2,1-3H3/t14-/m1/s1. The Balaban J connectivity index is 2.09. The molecule has 0 radical (unpaired) electrons. The van der Waals surface area contributed by atoms with Gasteiger partial charge in [0, 0.05) is 5.56 Å². The molecule has 0 unspecified atom stereocenters. The number of hydrogen-bond donors (Lipinski definition) is 0. The van der Waals surface area contributed by atoms with Crippen LogP contribution in [0, 0.1) is 0 Å². The van der Waals surface area contributed by atoms with Crippen molar-refractivity contribution in [2.45, 2.75) is 24.3 Å². The maximum Gasteiger partial charge on any atom is 0.319 e. The van der Waals surface area contributed by atoms with Gasteiger partial charge in [0.15, 0.2) is 11.0 Å². The molecule has 3 aromatic rings. The molecule has 3 rings (SSSR count). The van der Waals surface area contributed by atoms with Gasteiger partial charge in [0.2, 0.25) is 0 Å². The van der Waals surface area contributed by atoms with E-state index in [0.29, 0.717) is 23.3 Å². The molecule has 7 heteroatoms. The van der Waals surface area contributed by atoms with E-state index in [9.17, 15) is 4.79 Å². The van der Waals surface area contributed by atoms with Gasteiger partial charge in [0.25, 0.3) is 0 Å². The molecule has 1 atom stereocenters. The van der Waals surface area contributed by atoms with Crippen LogP contribution >= 0.6 is 11.8 Å². The topological polar surface area (TPSA) is 66.2 Å². The summed E-state index contributed by atoms with van der Waals surface area (Å²) in [4.78, 5) is 12.1. The zero-order chi connectivity index (χ0) is 19.2. The predicted molar refractivity (Wildman–Crippen MR) is 105 cm³/mol. The second kappa shape index (κ2) is 8.73. The maximum absolute atomic E-state index is 12.1. The third kappa shape index (κ3) is 4.14. The van der Waals surface area contributed by atoms with Crippen LogP contribution in [0.2, 0.25) is 0 Å². The SMILES string of the molecule is CCOC(=O)[C@@H](C)Sc1nnc(-c2ccccc2)n1-c1ccccc1OC. The number of carbonyl (C=O) groups excluding carboxylic acids is 1. The summed E-state index contributed by atoms with van der Waals surface area (Å²) in [7, 11) is 1.62. The Labute approximate surface area is 162 Å². The molecule has 0 bridgehead atoms. The van der Waals surface area contributed by atoms with Crippen molar-refractivity contribution < 1.29 is 14.3 Å². The van der Waals surface area contributed by atoms with Crippen LogP contribution in [0.25, 0.3) is 17.1 Å². The first-order valence-corrected chi connectivity index (χ1v) is 9.51. The van der Waals surface area contributed by atoms with Crippen molar-refractivity contribution in [3.63, 3.8) is 0 Å². The lowest BCUT2D eigenvalue weighted by atomic mass is 10.2. The second-order valence-electron chi connectivity index (χ2n) is 5.69. The monoisotopic (exact) mass is 383 g/mol. The van der Waals surface area contributed by atoms with Gasteiger partial charge in [0.1, 0.15) is 11.0 Å². The molecular weight excluding hydrogens is 362 g/mol. The minimum atomic E-state index is -0.411. The fourth-order valence-electron chi connectivity index (χ4n) is 2.62. The molecular formula is C20H21N3O3S. The predicted octanol–water partition coefficient (Wildman–Crippen LogP) is 3.99. The van der Waals surface area contributed by atoms with Gasteiger partial charge < -0.3 is 9.47 Å². The van der Waals surface area contributed by atoms with Gasteiger partial charge in [-0.3, -0.25) is 9.36 Å². The van der Waals surface area contributed by atoms with Crippen molar-refractivity contribution in [1.29, 1.82) is 0 Å². The average molecular weight is 383 g/mol. The second-order valence-corrected chi connectivity index (χ2v) is 7.00. The van der Waals surface area contributed by atoms with E-state index in [1.165, 1.54) is 11.8 Å². The lowest BCUT2D eigenvalue weighted by Gasteiger charge is -2.15. The van der Waals surface area contributed by atoms with Crippen molar-refractivity contribution in [2.75, 3.05) is 13.7 Å². The Bertz CT molecular complexity index is 912. The van der Waals surface area contributed by atoms with Crippen LogP contribution in [0.1, 0.15) is 13.8 Å². The van der Waals surface area contributed by atoms with Crippen LogP contribution in [-0.4, -0.2) is 39.7 Å². The van der Waals surface area contributed by atoms with Gasteiger partial charge in [-0.05, 0) is 26.0 Å². The van der Waals surface area contributed by atoms with Gasteiger partial charge in [-0.2, -0.15) is 0 Å². The van der Waals surface area contributed by atoms with E-state index >= 15 is 0 Å². The number of carbonyl (C=O) groups is 1. The van der Waals surface area contributed by atoms with E-state index in [1.54, 1.807) is 21.0 Å². The van der Waals surface area contributed by atoms with E-state index < -0.39 is 5.25 Å². The molecule has 1 aromatic heterocycles. The molecule has 2 aromatic carbocycles. The molecule has 6 nitrogen and oxygen atoms in total. The van der Waals surface area contributed by atoms with E-state index in [2.05, 4.69) is 10.2 Å². The zero-order valence-electron chi connectivity index (χ0n) is 15.5. The average Bonchev–Trinajstić information content (AvgIpc) is 3.12. The molecule has 0 spiro atoms. The Morgan fingerprint density at radius 1 is 1.11 bits per heavy atom. The zero-order valence-corrected chi connectivity index (χ0v) is 16.3. The van der Waals surface area contributed by atoms with E-state index in [0.717, 1.165) is 11.3 Å². The Morgan fingerprint density at radius 2 is 1.81 bits per heavy atom. The highest BCUT2D eigenvalue weighted by atomic mass is 32.2. The van der Waals surface area contributed by atoms with Gasteiger partial charge in [0.05, 0.1) is 19.4 Å². The number of esters is 1. The van der Waals surface area contributed by atoms with Crippen LogP contribution < -0.4 is 4.74 Å². The van der Waals surface area contributed by atoms with Crippen molar-refractivity contribution >= 4 is 17.7 Å². The number of para-hydroxylation sites is 2. The molecule has 0 saturated heterocycles. The first kappa shape index (κ1) is 19.0. The number of thioether (sulfide) groups is 1. The number of nitrogens with zero attached hydrogens (tertiary/aromatic N) is 3. The van der Waals surface area contributed by atoms with Gasteiger partial charge in [-0.15, -0.1) is 10.2 Å². The molecule has 0 N–H and O–H groups in total. The molecule has 0 aliphatic carbocycles. The molecule has 0 amide bonds. The molecule has 0 fully saturated rings. The molecule has 0 saturated carbocycles. The summed E-state index contributed by atoms with van der Waals surface area (Å²) < 4.78 is 12.6. The minimum absolute atomic E-state index is 0.279. The summed E-state index contributed by atoms with van der Waals surface area (Å²) in [6.07, 6.45) is 0. The Kier molecular flexibility index (Phi) is 6.13. The summed E-state index contributed by atoms with van der Waals surface area (Å²) in [6.45, 7) is 3.93. The molecule has 0 aliphatic rings. The van der Waals surface area contributed by atoms with Crippen molar-refractivity contribution in [2.24, 2.45) is 0 Å². The summed E-state index contributed by atoms with van der Waals surface area (Å²) in [5.74, 6) is 1.09. The summed E-state index contributed by atoms with van der Waals surface area (Å²) in [6, 6.07) is 17.4. The van der Waals surface area contributed by atoms with Gasteiger partial charge >= 0.3 is 5.97 Å². The molecule has 0 aliphatic heterocycles. The molecule has 1 heterocycles. The van der Waals surface area contributed by atoms with Gasteiger partial charge in [-0.1, -0.05) is 54.2 Å². The van der Waals surface area contributed by atoms with Crippen LogP contribution in [0.5, 0.6) is 5.75 Å². The summed E-state index contributed by atoms with van der Waals surface area (Å²) in [5.41, 5.74) is 1.73. The van der Waals surface area contributed by atoms with E-state index in [-0.39, 0.29) is 5.97 Å². The summed E-state index contributed by atoms with van der Waals surface area (Å²) in [5, 5.41) is 8.91. The van der Waals surface area contributed by atoms with Gasteiger partial charge in [-0.25, -0.2) is 0 Å². The minimum Gasteiger partial charge on any atom is -0.495 e. The molecule has 27 heavy (non-hydrogen) atoms. The Morgan fingerprint density at radius 3 is 2.52 bits per heavy atom. The lowest BCUT2D eigenvalue weighted by molar-refractivity contribution is -0.142. The molecule has 140 valence electrons. The Hall–Kier alpha value is -2.80. The third-order valence-corrected chi connectivity index (χ3v) is 4.91. The normalized spacial score (nSPS) is 11.8. The van der Waals surface area contributed by atoms with E-state index in [4.69, 9.17) is 9.47 Å². The first-order valence-electron chi connectivity index (χ1n) is 8.63. The third-order valence-electron chi connectivity index (χ3n) is 3.89. The highest BCUT2D eigenvalue weighted by Gasteiger charge is 2.23. The highest BCUT2D eigenvalue weighted by Crippen LogP contribution is 2.34. The van der Waals surface area contributed by atoms with Crippen molar-refractivity contribution in [3.8, 4) is 22.8 Å². The van der Waals surface area contributed by atoms with Crippen LogP contribution in [0.4, 0.5) is 0 Å². The fourth-order valence-corrected chi connectivity index (χ4v) is 3.48. The lowest BCUT2D eigenvalue weighted by Crippen LogP contribution is -2.17. The first-order chi connectivity index (χ1) is 13.2. The smallest absolute Gasteiger partial charge is 0.319 e. The van der Waals surface area contributed by atoms with Crippen LogP contribution in [0.3, 0.4) is 0 Å². The largest absolute Gasteiger partial charge is 0.495 e. The number of hydrogen-bond acceptors (Lipinski definition) is 6. The van der Waals surface area contributed by atoms with Crippen molar-refractivity contribution in [1.82, 2.24) is 14.8 Å². The number of rotatable bonds is 7. The maximum atomic E-state index is 12.1. The van der Waals surface area contributed by atoms with Crippen LogP contribution in [-0.2, 0) is 9.53 Å². The summed E-state index contributed by atoms with van der Waals surface area (Å²) >= 11 is 1.31. The van der Waals surface area contributed by atoms with Crippen LogP contribution in [0.15, 0.2) is 59.8 Å². The number of methoxy groups -OCH3 is 1. The fraction of sp³-hybridized carbons (Fsp3) is 0.250. The number of ether oxygens (including phenoxy) is 2. The van der Waals surface area contributed by atoms with E-state index in [1.807, 2.05) is 59.2 Å². The highest BCUT2D eigenvalue weighted by molar-refractivity contribution is 8.00. The number of benzene rings is 2. The van der Waals surface area contributed by atoms with Crippen molar-refractivity contribution in [3.05, 3.63) is 54.6 Å².